The van der Waals surface area contributed by atoms with Crippen LogP contribution in [0.2, 0.25) is 0 Å². The first-order chi connectivity index (χ1) is 12.8. The molecule has 2 atom stereocenters. The highest BCUT2D eigenvalue weighted by Crippen LogP contribution is 2.34. The Hall–Kier alpha value is -1.85. The zero-order valence-corrected chi connectivity index (χ0v) is 15.9. The number of pyridine rings is 1. The second kappa shape index (κ2) is 7.80. The van der Waals surface area contributed by atoms with Crippen molar-refractivity contribution in [3.05, 3.63) is 59.9 Å². The number of carbonyl (C=O) groups is 1. The van der Waals surface area contributed by atoms with Gasteiger partial charge in [-0.15, -0.1) is 11.8 Å². The van der Waals surface area contributed by atoms with Gasteiger partial charge in [0, 0.05) is 29.4 Å². The van der Waals surface area contributed by atoms with Gasteiger partial charge >= 0.3 is 0 Å². The summed E-state index contributed by atoms with van der Waals surface area (Å²) >= 11 is 1.63. The minimum atomic E-state index is 0.0601. The molecule has 5 heteroatoms. The molecule has 4 nitrogen and oxygen atoms in total. The highest BCUT2D eigenvalue weighted by molar-refractivity contribution is 7.98. The molecule has 136 valence electrons. The molecule has 3 fully saturated rings. The summed E-state index contributed by atoms with van der Waals surface area (Å²) in [5, 5.41) is 3.40. The van der Waals surface area contributed by atoms with Crippen molar-refractivity contribution < 1.29 is 4.79 Å². The molecule has 26 heavy (non-hydrogen) atoms. The molecule has 1 aromatic heterocycles. The van der Waals surface area contributed by atoms with Crippen molar-refractivity contribution in [1.29, 1.82) is 0 Å². The quantitative estimate of drug-likeness (QED) is 0.824. The van der Waals surface area contributed by atoms with Gasteiger partial charge in [0.1, 0.15) is 0 Å². The van der Waals surface area contributed by atoms with Gasteiger partial charge in [0.05, 0.1) is 5.56 Å². The summed E-state index contributed by atoms with van der Waals surface area (Å²) in [6.07, 6.45) is 9.09. The smallest absolute Gasteiger partial charge is 0.252 e. The predicted molar refractivity (Wildman–Crippen MR) is 106 cm³/mol. The van der Waals surface area contributed by atoms with Crippen LogP contribution in [0, 0.1) is 5.92 Å². The SMILES string of the molecule is CSc1ccccc1C(=O)N[C@@H]1C2CCN(CC2)[C@H]1Cc1cccnc1. The molecule has 3 aliphatic rings. The van der Waals surface area contributed by atoms with Gasteiger partial charge in [0.25, 0.3) is 5.91 Å². The van der Waals surface area contributed by atoms with E-state index >= 15 is 0 Å². The fourth-order valence-electron chi connectivity index (χ4n) is 4.44. The minimum absolute atomic E-state index is 0.0601. The third-order valence-electron chi connectivity index (χ3n) is 5.78. The molecule has 2 aromatic rings. The Bertz CT molecular complexity index is 759. The van der Waals surface area contributed by atoms with E-state index in [0.717, 1.165) is 30.0 Å². The van der Waals surface area contributed by atoms with Crippen LogP contribution in [0.5, 0.6) is 0 Å². The molecule has 1 amide bonds. The summed E-state index contributed by atoms with van der Waals surface area (Å²) in [5.74, 6) is 0.636. The fourth-order valence-corrected chi connectivity index (χ4v) is 5.04. The summed E-state index contributed by atoms with van der Waals surface area (Å²) in [5.41, 5.74) is 2.03. The lowest BCUT2D eigenvalue weighted by atomic mass is 9.76. The molecule has 1 aromatic carbocycles. The highest BCUT2D eigenvalue weighted by atomic mass is 32.2. The maximum atomic E-state index is 13.0. The number of piperidine rings is 3. The van der Waals surface area contributed by atoms with Crippen molar-refractivity contribution in [2.75, 3.05) is 19.3 Å². The molecule has 5 rings (SSSR count). The number of benzene rings is 1. The molecule has 0 radical (unpaired) electrons. The fraction of sp³-hybridized carbons (Fsp3) is 0.429. The molecule has 3 aliphatic heterocycles. The zero-order chi connectivity index (χ0) is 17.9. The first-order valence-corrected chi connectivity index (χ1v) is 10.6. The third kappa shape index (κ3) is 3.51. The normalized spacial score (nSPS) is 27.3. The Morgan fingerprint density at radius 2 is 2.04 bits per heavy atom. The van der Waals surface area contributed by atoms with Crippen LogP contribution in [0.25, 0.3) is 0 Å². The van der Waals surface area contributed by atoms with Gasteiger partial charge < -0.3 is 5.32 Å². The molecule has 0 aliphatic carbocycles. The lowest BCUT2D eigenvalue weighted by Crippen LogP contribution is -2.64. The van der Waals surface area contributed by atoms with Crippen molar-refractivity contribution in [2.45, 2.75) is 36.2 Å². The number of rotatable bonds is 5. The van der Waals surface area contributed by atoms with E-state index in [1.807, 2.05) is 49.0 Å². The van der Waals surface area contributed by atoms with Crippen molar-refractivity contribution in [2.24, 2.45) is 5.92 Å². The standard InChI is InChI=1S/C21H25N3OS/c1-26-19-7-3-2-6-17(19)21(25)23-20-16-8-11-24(12-9-16)18(20)13-15-5-4-10-22-14-15/h2-7,10,14,16,18,20H,8-9,11-13H2,1H3,(H,23,25)/t18-,20+/m0/s1. The van der Waals surface area contributed by atoms with Crippen LogP contribution in [-0.2, 0) is 6.42 Å². The average molecular weight is 368 g/mol. The summed E-state index contributed by atoms with van der Waals surface area (Å²) in [7, 11) is 0. The van der Waals surface area contributed by atoms with E-state index in [2.05, 4.69) is 21.3 Å². The van der Waals surface area contributed by atoms with Crippen LogP contribution >= 0.6 is 11.8 Å². The van der Waals surface area contributed by atoms with E-state index in [9.17, 15) is 4.79 Å². The van der Waals surface area contributed by atoms with Crippen LogP contribution in [0.4, 0.5) is 0 Å². The van der Waals surface area contributed by atoms with Gasteiger partial charge in [-0.3, -0.25) is 14.7 Å². The molecular formula is C21H25N3OS. The van der Waals surface area contributed by atoms with E-state index < -0.39 is 0 Å². The van der Waals surface area contributed by atoms with Crippen LogP contribution in [0.3, 0.4) is 0 Å². The second-order valence-corrected chi connectivity index (χ2v) is 8.05. The van der Waals surface area contributed by atoms with Crippen LogP contribution < -0.4 is 5.32 Å². The van der Waals surface area contributed by atoms with Gasteiger partial charge in [-0.1, -0.05) is 18.2 Å². The predicted octanol–water partition coefficient (Wildman–Crippen LogP) is 3.24. The van der Waals surface area contributed by atoms with Crippen LogP contribution in [-0.4, -0.2) is 47.2 Å². The van der Waals surface area contributed by atoms with Gasteiger partial charge in [0.2, 0.25) is 0 Å². The topological polar surface area (TPSA) is 45.2 Å². The number of fused-ring (bicyclic) bond motifs is 3. The molecule has 0 spiro atoms. The van der Waals surface area contributed by atoms with Crippen molar-refractivity contribution >= 4 is 17.7 Å². The summed E-state index contributed by atoms with van der Waals surface area (Å²) in [6.45, 7) is 2.28. The monoisotopic (exact) mass is 367 g/mol. The summed E-state index contributed by atoms with van der Waals surface area (Å²) in [6, 6.07) is 12.6. The Morgan fingerprint density at radius 3 is 2.77 bits per heavy atom. The minimum Gasteiger partial charge on any atom is -0.347 e. The van der Waals surface area contributed by atoms with Crippen LogP contribution in [0.15, 0.2) is 53.7 Å². The third-order valence-corrected chi connectivity index (χ3v) is 6.58. The number of nitrogens with zero attached hydrogens (tertiary/aromatic N) is 2. The van der Waals surface area contributed by atoms with E-state index in [1.165, 1.54) is 18.4 Å². The Morgan fingerprint density at radius 1 is 1.23 bits per heavy atom. The highest BCUT2D eigenvalue weighted by Gasteiger charge is 2.42. The number of carbonyl (C=O) groups excluding carboxylic acids is 1. The second-order valence-electron chi connectivity index (χ2n) is 7.21. The zero-order valence-electron chi connectivity index (χ0n) is 15.1. The average Bonchev–Trinajstić information content (AvgIpc) is 2.71. The van der Waals surface area contributed by atoms with Crippen molar-refractivity contribution in [1.82, 2.24) is 15.2 Å². The Balaban J connectivity index is 1.55. The van der Waals surface area contributed by atoms with Gasteiger partial charge in [0.15, 0.2) is 0 Å². The molecule has 2 bridgehead atoms. The number of hydrogen-bond acceptors (Lipinski definition) is 4. The van der Waals surface area contributed by atoms with Crippen LogP contribution in [0.1, 0.15) is 28.8 Å². The number of aromatic nitrogens is 1. The van der Waals surface area contributed by atoms with E-state index in [1.54, 1.807) is 11.8 Å². The lowest BCUT2D eigenvalue weighted by Gasteiger charge is -2.51. The molecule has 3 saturated heterocycles. The van der Waals surface area contributed by atoms with E-state index in [4.69, 9.17) is 0 Å². The van der Waals surface area contributed by atoms with Gasteiger partial charge in [-0.25, -0.2) is 0 Å². The Kier molecular flexibility index (Phi) is 5.27. The molecule has 4 heterocycles. The Labute approximate surface area is 159 Å². The first-order valence-electron chi connectivity index (χ1n) is 9.33. The molecule has 0 saturated carbocycles. The number of thioether (sulfide) groups is 1. The first kappa shape index (κ1) is 17.6. The number of amides is 1. The van der Waals surface area contributed by atoms with Crippen molar-refractivity contribution in [3.63, 3.8) is 0 Å². The van der Waals surface area contributed by atoms with Gasteiger partial charge in [-0.2, -0.15) is 0 Å². The molecule has 0 unspecified atom stereocenters. The summed E-state index contributed by atoms with van der Waals surface area (Å²) < 4.78 is 0. The largest absolute Gasteiger partial charge is 0.347 e. The molecule has 1 N–H and O–H groups in total. The van der Waals surface area contributed by atoms with E-state index in [-0.39, 0.29) is 11.9 Å². The maximum Gasteiger partial charge on any atom is 0.252 e. The number of hydrogen-bond donors (Lipinski definition) is 1. The number of nitrogens with one attached hydrogen (secondary N) is 1. The summed E-state index contributed by atoms with van der Waals surface area (Å²) in [4.78, 5) is 20.9. The lowest BCUT2D eigenvalue weighted by molar-refractivity contribution is 0.0135. The maximum absolute atomic E-state index is 13.0. The molecular weight excluding hydrogens is 342 g/mol. The van der Waals surface area contributed by atoms with E-state index in [0.29, 0.717) is 12.0 Å². The van der Waals surface area contributed by atoms with Gasteiger partial charge in [-0.05, 0) is 68.3 Å². The van der Waals surface area contributed by atoms with Crippen molar-refractivity contribution in [3.8, 4) is 0 Å².